The van der Waals surface area contributed by atoms with E-state index in [4.69, 9.17) is 25.8 Å². The summed E-state index contributed by atoms with van der Waals surface area (Å²) >= 11 is 6.17. The van der Waals surface area contributed by atoms with Gasteiger partial charge in [-0.3, -0.25) is 4.79 Å². The zero-order valence-corrected chi connectivity index (χ0v) is 15.9. The molecule has 0 unspecified atom stereocenters. The highest BCUT2D eigenvalue weighted by Gasteiger charge is 2.28. The summed E-state index contributed by atoms with van der Waals surface area (Å²) in [6.07, 6.45) is 1.65. The third-order valence-corrected chi connectivity index (χ3v) is 4.72. The molecular formula is C23H17ClO4. The van der Waals surface area contributed by atoms with E-state index in [0.717, 1.165) is 16.9 Å². The molecule has 4 nitrogen and oxygen atoms in total. The monoisotopic (exact) mass is 392 g/mol. The molecule has 3 aromatic rings. The maximum atomic E-state index is 12.6. The van der Waals surface area contributed by atoms with E-state index in [1.54, 1.807) is 37.5 Å². The first-order chi connectivity index (χ1) is 13.6. The molecule has 0 bridgehead atoms. The lowest BCUT2D eigenvalue weighted by Gasteiger charge is -2.08. The summed E-state index contributed by atoms with van der Waals surface area (Å²) in [4.78, 5) is 12.6. The summed E-state index contributed by atoms with van der Waals surface area (Å²) < 4.78 is 16.8. The third-order valence-electron chi connectivity index (χ3n) is 4.37. The summed E-state index contributed by atoms with van der Waals surface area (Å²) in [7, 11) is 1.63. The molecule has 0 radical (unpaired) electrons. The second-order valence-corrected chi connectivity index (χ2v) is 6.67. The zero-order chi connectivity index (χ0) is 19.5. The summed E-state index contributed by atoms with van der Waals surface area (Å²) in [6.45, 7) is 0.381. The molecule has 5 heteroatoms. The number of Topliss-reactive ketones (excluding diaryl/α,β-unsaturated/α-hetero) is 1. The molecule has 0 fully saturated rings. The zero-order valence-electron chi connectivity index (χ0n) is 15.1. The van der Waals surface area contributed by atoms with Crippen molar-refractivity contribution >= 4 is 23.5 Å². The Morgan fingerprint density at radius 2 is 1.86 bits per heavy atom. The first kappa shape index (κ1) is 18.1. The molecular weight excluding hydrogens is 376 g/mol. The minimum absolute atomic E-state index is 0.172. The number of benzene rings is 3. The molecule has 28 heavy (non-hydrogen) atoms. The van der Waals surface area contributed by atoms with Crippen LogP contribution in [0.25, 0.3) is 6.08 Å². The Morgan fingerprint density at radius 3 is 2.68 bits per heavy atom. The van der Waals surface area contributed by atoms with Crippen LogP contribution in [0.1, 0.15) is 21.5 Å². The second kappa shape index (κ2) is 7.79. The van der Waals surface area contributed by atoms with Crippen molar-refractivity contribution in [2.24, 2.45) is 0 Å². The van der Waals surface area contributed by atoms with Crippen molar-refractivity contribution in [2.75, 3.05) is 7.11 Å². The minimum Gasteiger partial charge on any atom is -0.497 e. The summed E-state index contributed by atoms with van der Waals surface area (Å²) in [5.41, 5.74) is 2.22. The first-order valence-electron chi connectivity index (χ1n) is 8.72. The third kappa shape index (κ3) is 3.73. The summed E-state index contributed by atoms with van der Waals surface area (Å²) in [5.74, 6) is 1.94. The van der Waals surface area contributed by atoms with Gasteiger partial charge in [-0.05, 0) is 47.5 Å². The van der Waals surface area contributed by atoms with Gasteiger partial charge in [0.25, 0.3) is 0 Å². The Morgan fingerprint density at radius 1 is 1.00 bits per heavy atom. The van der Waals surface area contributed by atoms with Crippen LogP contribution in [0.4, 0.5) is 0 Å². The molecule has 1 aliphatic heterocycles. The van der Waals surface area contributed by atoms with Crippen molar-refractivity contribution < 1.29 is 19.0 Å². The topological polar surface area (TPSA) is 44.8 Å². The van der Waals surface area contributed by atoms with Crippen molar-refractivity contribution in [3.63, 3.8) is 0 Å². The highest BCUT2D eigenvalue weighted by molar-refractivity contribution is 6.32. The van der Waals surface area contributed by atoms with Crippen LogP contribution >= 0.6 is 11.6 Å². The molecule has 0 aliphatic carbocycles. The maximum Gasteiger partial charge on any atom is 0.231 e. The number of carbonyl (C=O) groups is 1. The number of methoxy groups -OCH3 is 1. The van der Waals surface area contributed by atoms with Crippen LogP contribution in [0.15, 0.2) is 72.5 Å². The Kier molecular flexibility index (Phi) is 5.04. The normalized spacial score (nSPS) is 13.9. The van der Waals surface area contributed by atoms with E-state index in [-0.39, 0.29) is 11.5 Å². The molecule has 1 heterocycles. The van der Waals surface area contributed by atoms with Crippen LogP contribution in [-0.4, -0.2) is 12.9 Å². The predicted octanol–water partition coefficient (Wildman–Crippen LogP) is 5.54. The number of allylic oxidation sites excluding steroid dienone is 1. The van der Waals surface area contributed by atoms with Gasteiger partial charge in [0.15, 0.2) is 5.76 Å². The fourth-order valence-electron chi connectivity index (χ4n) is 2.92. The van der Waals surface area contributed by atoms with Crippen molar-refractivity contribution in [3.8, 4) is 17.2 Å². The largest absolute Gasteiger partial charge is 0.497 e. The molecule has 0 saturated carbocycles. The lowest BCUT2D eigenvalue weighted by molar-refractivity contribution is 0.101. The smallest absolute Gasteiger partial charge is 0.231 e. The van der Waals surface area contributed by atoms with Gasteiger partial charge in [-0.15, -0.1) is 0 Å². The molecule has 3 aromatic carbocycles. The molecule has 0 saturated heterocycles. The molecule has 1 aliphatic rings. The van der Waals surface area contributed by atoms with E-state index in [1.807, 2.05) is 42.5 Å². The molecule has 140 valence electrons. The minimum atomic E-state index is -0.172. The number of ketones is 1. The van der Waals surface area contributed by atoms with Crippen molar-refractivity contribution in [3.05, 3.63) is 94.2 Å². The highest BCUT2D eigenvalue weighted by Crippen LogP contribution is 2.35. The molecule has 0 atom stereocenters. The number of hydrogen-bond acceptors (Lipinski definition) is 4. The summed E-state index contributed by atoms with van der Waals surface area (Å²) in [5, 5.41) is 0.560. The number of fused-ring (bicyclic) bond motifs is 1. The molecule has 0 amide bonds. The van der Waals surface area contributed by atoms with Crippen LogP contribution in [0.3, 0.4) is 0 Å². The van der Waals surface area contributed by atoms with Crippen LogP contribution in [0.5, 0.6) is 17.2 Å². The number of carbonyl (C=O) groups excluding carboxylic acids is 1. The molecule has 0 N–H and O–H groups in total. The standard InChI is InChI=1S/C23H17ClO4/c1-26-17-7-4-5-15(11-17)14-27-18-9-10-19-21(13-18)28-22(23(19)25)12-16-6-2-3-8-20(16)24/h2-13H,14H2,1H3/b22-12-. The van der Waals surface area contributed by atoms with Crippen LogP contribution in [-0.2, 0) is 6.61 Å². The Labute approximate surface area is 167 Å². The Balaban J connectivity index is 1.51. The van der Waals surface area contributed by atoms with Gasteiger partial charge in [0.2, 0.25) is 5.78 Å². The average Bonchev–Trinajstić information content (AvgIpc) is 3.03. The van der Waals surface area contributed by atoms with E-state index >= 15 is 0 Å². The van der Waals surface area contributed by atoms with Gasteiger partial charge < -0.3 is 14.2 Å². The second-order valence-electron chi connectivity index (χ2n) is 6.26. The van der Waals surface area contributed by atoms with E-state index < -0.39 is 0 Å². The van der Waals surface area contributed by atoms with Crippen molar-refractivity contribution in [2.45, 2.75) is 6.61 Å². The van der Waals surface area contributed by atoms with E-state index in [2.05, 4.69) is 0 Å². The van der Waals surface area contributed by atoms with Gasteiger partial charge in [-0.25, -0.2) is 0 Å². The Bertz CT molecular complexity index is 1070. The lowest BCUT2D eigenvalue weighted by atomic mass is 10.1. The van der Waals surface area contributed by atoms with Crippen molar-refractivity contribution in [1.29, 1.82) is 0 Å². The van der Waals surface area contributed by atoms with E-state index in [1.165, 1.54) is 0 Å². The fourth-order valence-corrected chi connectivity index (χ4v) is 3.11. The number of ether oxygens (including phenoxy) is 3. The molecule has 0 spiro atoms. The van der Waals surface area contributed by atoms with Gasteiger partial charge in [0, 0.05) is 11.1 Å². The van der Waals surface area contributed by atoms with Gasteiger partial charge in [0.05, 0.1) is 12.7 Å². The molecule has 4 rings (SSSR count). The van der Waals surface area contributed by atoms with Crippen LogP contribution < -0.4 is 14.2 Å². The van der Waals surface area contributed by atoms with E-state index in [9.17, 15) is 4.79 Å². The number of rotatable bonds is 5. The lowest BCUT2D eigenvalue weighted by Crippen LogP contribution is -1.98. The van der Waals surface area contributed by atoms with Crippen LogP contribution in [0, 0.1) is 0 Å². The predicted molar refractivity (Wildman–Crippen MR) is 108 cm³/mol. The number of halogens is 1. The van der Waals surface area contributed by atoms with Gasteiger partial charge >= 0.3 is 0 Å². The van der Waals surface area contributed by atoms with Gasteiger partial charge in [-0.2, -0.15) is 0 Å². The molecule has 0 aromatic heterocycles. The van der Waals surface area contributed by atoms with E-state index in [0.29, 0.717) is 28.7 Å². The van der Waals surface area contributed by atoms with Gasteiger partial charge in [-0.1, -0.05) is 41.9 Å². The quantitative estimate of drug-likeness (QED) is 0.534. The SMILES string of the molecule is COc1cccc(COc2ccc3c(c2)O/C(=C\c2ccccc2Cl)C3=O)c1. The van der Waals surface area contributed by atoms with Gasteiger partial charge in [0.1, 0.15) is 23.9 Å². The fraction of sp³-hybridized carbons (Fsp3) is 0.0870. The highest BCUT2D eigenvalue weighted by atomic mass is 35.5. The Hall–Kier alpha value is -3.24. The summed E-state index contributed by atoms with van der Waals surface area (Å²) in [6, 6.07) is 20.2. The maximum absolute atomic E-state index is 12.6. The average molecular weight is 393 g/mol. The van der Waals surface area contributed by atoms with Crippen LogP contribution in [0.2, 0.25) is 5.02 Å². The first-order valence-corrected chi connectivity index (χ1v) is 9.10. The number of hydrogen-bond donors (Lipinski definition) is 0. The van der Waals surface area contributed by atoms with Crippen molar-refractivity contribution in [1.82, 2.24) is 0 Å².